The zero-order valence-electron chi connectivity index (χ0n) is 16.7. The van der Waals surface area contributed by atoms with Crippen LogP contribution >= 0.6 is 0 Å². The quantitative estimate of drug-likeness (QED) is 0.483. The lowest BCUT2D eigenvalue weighted by atomic mass is 10.1. The van der Waals surface area contributed by atoms with Crippen LogP contribution in [0.1, 0.15) is 33.2 Å². The number of fused-ring (bicyclic) bond motifs is 1. The summed E-state index contributed by atoms with van der Waals surface area (Å²) in [5.41, 5.74) is 2.88. The normalized spacial score (nSPS) is 10.8. The van der Waals surface area contributed by atoms with Crippen molar-refractivity contribution >= 4 is 22.8 Å². The highest BCUT2D eigenvalue weighted by Crippen LogP contribution is 2.22. The fourth-order valence-electron chi connectivity index (χ4n) is 3.22. The van der Waals surface area contributed by atoms with Crippen LogP contribution in [0, 0.1) is 5.82 Å². The lowest BCUT2D eigenvalue weighted by molar-refractivity contribution is 0.0525. The van der Waals surface area contributed by atoms with Gasteiger partial charge >= 0.3 is 5.97 Å². The highest BCUT2D eigenvalue weighted by Gasteiger charge is 2.14. The van der Waals surface area contributed by atoms with Gasteiger partial charge in [-0.15, -0.1) is 0 Å². The van der Waals surface area contributed by atoms with Gasteiger partial charge < -0.3 is 10.1 Å². The van der Waals surface area contributed by atoms with Crippen molar-refractivity contribution < 1.29 is 18.7 Å². The molecule has 2 aromatic carbocycles. The van der Waals surface area contributed by atoms with E-state index in [2.05, 4.69) is 15.4 Å². The molecule has 0 atom stereocenters. The predicted octanol–water partition coefficient (Wildman–Crippen LogP) is 3.67. The van der Waals surface area contributed by atoms with Crippen molar-refractivity contribution in [3.05, 3.63) is 89.6 Å². The van der Waals surface area contributed by atoms with Gasteiger partial charge in [-0.2, -0.15) is 5.10 Å². The zero-order chi connectivity index (χ0) is 21.8. The Morgan fingerprint density at radius 3 is 2.68 bits per heavy atom. The molecule has 0 bridgehead atoms. The number of ether oxygens (including phenoxy) is 1. The number of carbonyl (C=O) groups is 2. The van der Waals surface area contributed by atoms with Crippen LogP contribution < -0.4 is 5.32 Å². The number of benzene rings is 2. The Hall–Kier alpha value is -4.07. The molecule has 0 aliphatic heterocycles. The summed E-state index contributed by atoms with van der Waals surface area (Å²) in [6.45, 7) is 2.20. The van der Waals surface area contributed by atoms with E-state index >= 15 is 0 Å². The summed E-state index contributed by atoms with van der Waals surface area (Å²) in [6, 6.07) is 12.9. The molecule has 7 nitrogen and oxygen atoms in total. The number of nitrogens with zero attached hydrogens (tertiary/aromatic N) is 3. The fraction of sp³-hybridized carbons (Fsp3) is 0.130. The standard InChI is InChI=1S/C23H19FN4O3/c1-2-31-23(30)16-10-15(11-25-13-16)12-26-22(29)19-4-3-5-21-20(19)14-27-28(21)18-8-6-17(24)7-9-18/h3-11,13-14H,2,12H2,1H3,(H,26,29). The molecule has 4 rings (SSSR count). The van der Waals surface area contributed by atoms with Crippen LogP contribution in [-0.2, 0) is 11.3 Å². The Morgan fingerprint density at radius 2 is 1.90 bits per heavy atom. The third-order valence-corrected chi connectivity index (χ3v) is 4.69. The number of amides is 1. The molecule has 31 heavy (non-hydrogen) atoms. The first-order valence-electron chi connectivity index (χ1n) is 9.68. The Balaban J connectivity index is 1.54. The Bertz CT molecular complexity index is 1250. The number of esters is 1. The summed E-state index contributed by atoms with van der Waals surface area (Å²) in [5, 5.41) is 7.87. The first kappa shape index (κ1) is 20.2. The Morgan fingerprint density at radius 1 is 1.10 bits per heavy atom. The number of nitrogens with one attached hydrogen (secondary N) is 1. The van der Waals surface area contributed by atoms with E-state index in [4.69, 9.17) is 4.74 Å². The average molecular weight is 418 g/mol. The second-order valence-corrected chi connectivity index (χ2v) is 6.76. The summed E-state index contributed by atoms with van der Waals surface area (Å²) < 4.78 is 19.9. The third-order valence-electron chi connectivity index (χ3n) is 4.69. The summed E-state index contributed by atoms with van der Waals surface area (Å²) in [4.78, 5) is 28.7. The van der Waals surface area contributed by atoms with Gasteiger partial charge in [0, 0.05) is 24.3 Å². The van der Waals surface area contributed by atoms with Crippen molar-refractivity contribution in [2.45, 2.75) is 13.5 Å². The van der Waals surface area contributed by atoms with Crippen molar-refractivity contribution in [2.24, 2.45) is 0 Å². The van der Waals surface area contributed by atoms with Crippen molar-refractivity contribution in [3.8, 4) is 5.69 Å². The molecule has 0 aliphatic carbocycles. The highest BCUT2D eigenvalue weighted by atomic mass is 19.1. The second kappa shape index (κ2) is 8.74. The molecule has 0 fully saturated rings. The maximum absolute atomic E-state index is 13.2. The van der Waals surface area contributed by atoms with Gasteiger partial charge in [0.25, 0.3) is 5.91 Å². The largest absolute Gasteiger partial charge is 0.462 e. The van der Waals surface area contributed by atoms with E-state index in [1.807, 2.05) is 6.07 Å². The molecule has 2 heterocycles. The Labute approximate surface area is 177 Å². The topological polar surface area (TPSA) is 86.1 Å². The lowest BCUT2D eigenvalue weighted by Gasteiger charge is -2.08. The van der Waals surface area contributed by atoms with Crippen molar-refractivity contribution in [1.29, 1.82) is 0 Å². The molecule has 0 spiro atoms. The number of aromatic nitrogens is 3. The van der Waals surface area contributed by atoms with Crippen molar-refractivity contribution in [3.63, 3.8) is 0 Å². The number of carbonyl (C=O) groups excluding carboxylic acids is 2. The van der Waals surface area contributed by atoms with Crippen LogP contribution in [0.25, 0.3) is 16.6 Å². The van der Waals surface area contributed by atoms with Gasteiger partial charge in [-0.25, -0.2) is 13.9 Å². The van der Waals surface area contributed by atoms with Gasteiger partial charge in [-0.1, -0.05) is 6.07 Å². The van der Waals surface area contributed by atoms with E-state index in [0.717, 1.165) is 5.52 Å². The van der Waals surface area contributed by atoms with Crippen LogP contribution in [0.2, 0.25) is 0 Å². The molecule has 1 N–H and O–H groups in total. The highest BCUT2D eigenvalue weighted by molar-refractivity contribution is 6.06. The summed E-state index contributed by atoms with van der Waals surface area (Å²) >= 11 is 0. The molecule has 0 unspecified atom stereocenters. The van der Waals surface area contributed by atoms with Gasteiger partial charge in [0.2, 0.25) is 0 Å². The van der Waals surface area contributed by atoms with Crippen molar-refractivity contribution in [2.75, 3.05) is 6.61 Å². The van der Waals surface area contributed by atoms with E-state index in [0.29, 0.717) is 27.8 Å². The lowest BCUT2D eigenvalue weighted by Crippen LogP contribution is -2.23. The maximum Gasteiger partial charge on any atom is 0.339 e. The molecule has 4 aromatic rings. The first-order valence-corrected chi connectivity index (χ1v) is 9.68. The monoisotopic (exact) mass is 418 g/mol. The molecular formula is C23H19FN4O3. The molecule has 2 aromatic heterocycles. The van der Waals surface area contributed by atoms with Crippen LogP contribution in [-0.4, -0.2) is 33.2 Å². The molecule has 8 heteroatoms. The minimum Gasteiger partial charge on any atom is -0.462 e. The van der Waals surface area contributed by atoms with Crippen LogP contribution in [0.4, 0.5) is 4.39 Å². The van der Waals surface area contributed by atoms with Crippen LogP contribution in [0.3, 0.4) is 0 Å². The molecule has 0 radical (unpaired) electrons. The van der Waals surface area contributed by atoms with Gasteiger partial charge in [0.15, 0.2) is 0 Å². The molecular weight excluding hydrogens is 399 g/mol. The molecule has 0 saturated heterocycles. The number of rotatable bonds is 6. The second-order valence-electron chi connectivity index (χ2n) is 6.76. The number of hydrogen-bond donors (Lipinski definition) is 1. The van der Waals surface area contributed by atoms with E-state index in [1.165, 1.54) is 18.3 Å². The molecule has 1 amide bonds. The molecule has 0 saturated carbocycles. The number of pyridine rings is 1. The summed E-state index contributed by atoms with van der Waals surface area (Å²) in [7, 11) is 0. The number of halogens is 1. The van der Waals surface area contributed by atoms with Gasteiger partial charge in [0.1, 0.15) is 5.82 Å². The van der Waals surface area contributed by atoms with Gasteiger partial charge in [-0.3, -0.25) is 9.78 Å². The zero-order valence-corrected chi connectivity index (χ0v) is 16.7. The van der Waals surface area contributed by atoms with Gasteiger partial charge in [0.05, 0.1) is 35.1 Å². The third kappa shape index (κ3) is 4.28. The van der Waals surface area contributed by atoms with E-state index in [9.17, 15) is 14.0 Å². The Kier molecular flexibility index (Phi) is 5.70. The van der Waals surface area contributed by atoms with E-state index in [1.54, 1.807) is 54.3 Å². The van der Waals surface area contributed by atoms with Crippen LogP contribution in [0.15, 0.2) is 67.1 Å². The number of hydrogen-bond acceptors (Lipinski definition) is 5. The maximum atomic E-state index is 13.2. The SMILES string of the molecule is CCOC(=O)c1cncc(CNC(=O)c2cccc3c2cnn3-c2ccc(F)cc2)c1. The summed E-state index contributed by atoms with van der Waals surface area (Å²) in [5.74, 6) is -1.08. The molecule has 156 valence electrons. The predicted molar refractivity (Wildman–Crippen MR) is 112 cm³/mol. The van der Waals surface area contributed by atoms with E-state index < -0.39 is 5.97 Å². The molecule has 0 aliphatic rings. The van der Waals surface area contributed by atoms with E-state index in [-0.39, 0.29) is 24.9 Å². The van der Waals surface area contributed by atoms with Gasteiger partial charge in [-0.05, 0) is 55.0 Å². The minimum absolute atomic E-state index is 0.196. The summed E-state index contributed by atoms with van der Waals surface area (Å²) in [6.07, 6.45) is 4.61. The van der Waals surface area contributed by atoms with Crippen LogP contribution in [0.5, 0.6) is 0 Å². The average Bonchev–Trinajstić information content (AvgIpc) is 3.22. The fourth-order valence-corrected chi connectivity index (χ4v) is 3.22. The van der Waals surface area contributed by atoms with Crippen molar-refractivity contribution in [1.82, 2.24) is 20.1 Å². The minimum atomic E-state index is -0.457. The smallest absolute Gasteiger partial charge is 0.339 e. The first-order chi connectivity index (χ1) is 15.1.